The van der Waals surface area contributed by atoms with Gasteiger partial charge < -0.3 is 29.4 Å². The second kappa shape index (κ2) is 31.6. The van der Waals surface area contributed by atoms with Crippen LogP contribution in [-0.4, -0.2) is 36.3 Å². The fraction of sp³-hybridized carbons (Fsp3) is 0.286. The lowest BCUT2D eigenvalue weighted by molar-refractivity contribution is 0.590. The van der Waals surface area contributed by atoms with Gasteiger partial charge in [-0.25, -0.2) is 0 Å². The zero-order valence-electron chi connectivity index (χ0n) is 86.6. The molecule has 0 aromatic heterocycles. The van der Waals surface area contributed by atoms with E-state index in [9.17, 15) is 0 Å². The van der Waals surface area contributed by atoms with Crippen LogP contribution in [0.4, 0.5) is 102 Å². The molecule has 6 aliphatic heterocycles. The van der Waals surface area contributed by atoms with Gasteiger partial charge in [-0.15, -0.1) is 0 Å². The lowest BCUT2D eigenvalue weighted by Gasteiger charge is -2.46. The van der Waals surface area contributed by atoms with Crippen molar-refractivity contribution in [3.05, 3.63) is 364 Å². The fourth-order valence-electron chi connectivity index (χ4n) is 23.2. The minimum atomic E-state index is -1.79. The van der Waals surface area contributed by atoms with E-state index in [1.54, 1.807) is 0 Å². The Kier molecular flexibility index (Phi) is 21.0. The molecule has 0 radical (unpaired) electrons. The Bertz CT molecular complexity index is 7120. The first-order chi connectivity index (χ1) is 64.5. The van der Waals surface area contributed by atoms with Crippen molar-refractivity contribution in [1.29, 1.82) is 0 Å². The molecule has 6 aliphatic rings. The van der Waals surface area contributed by atoms with E-state index in [2.05, 4.69) is 519 Å². The van der Waals surface area contributed by atoms with Crippen molar-refractivity contribution in [1.82, 2.24) is 0 Å². The summed E-state index contributed by atoms with van der Waals surface area (Å²) in [6.07, 6.45) is 0. The number of benzene rings is 15. The van der Waals surface area contributed by atoms with Crippen LogP contribution in [0.25, 0.3) is 0 Å². The summed E-state index contributed by atoms with van der Waals surface area (Å²) in [5.74, 6) is 0. The van der Waals surface area contributed by atoms with Crippen LogP contribution in [0.2, 0.25) is 39.3 Å². The van der Waals surface area contributed by atoms with Crippen molar-refractivity contribution in [2.75, 3.05) is 29.4 Å². The first-order valence-corrected chi connectivity index (χ1v) is 57.2. The molecule has 0 atom stereocenters. The molecule has 0 amide bonds. The Morgan fingerprint density at radius 3 is 0.591 bits per heavy atom. The maximum absolute atomic E-state index is 2.69. The Morgan fingerprint density at radius 1 is 0.175 bits per heavy atom. The first kappa shape index (κ1) is 91.2. The van der Waals surface area contributed by atoms with E-state index >= 15 is 0 Å². The van der Waals surface area contributed by atoms with Gasteiger partial charge >= 0.3 is 0 Å². The second-order valence-corrected chi connectivity index (χ2v) is 59.5. The summed E-state index contributed by atoms with van der Waals surface area (Å²) in [6.45, 7) is 68.6. The Labute approximate surface area is 821 Å². The van der Waals surface area contributed by atoms with E-state index in [0.29, 0.717) is 0 Å². The van der Waals surface area contributed by atoms with Crippen molar-refractivity contribution in [3.8, 4) is 0 Å². The highest BCUT2D eigenvalue weighted by molar-refractivity contribution is 7.02. The average Bonchev–Trinajstić information content (AvgIpc) is 0.694. The van der Waals surface area contributed by atoms with Crippen LogP contribution < -0.4 is 88.9 Å². The van der Waals surface area contributed by atoms with Gasteiger partial charge in [0.15, 0.2) is 0 Å². The summed E-state index contributed by atoms with van der Waals surface area (Å²) in [5, 5.41) is 2.87. The largest absolute Gasteiger partial charge is 0.311 e. The first-order valence-electron chi connectivity index (χ1n) is 50.2. The van der Waals surface area contributed by atoms with Gasteiger partial charge in [0.1, 0.15) is 0 Å². The molecule has 0 saturated carbocycles. The van der Waals surface area contributed by atoms with Gasteiger partial charge in [0.2, 0.25) is 0 Å². The number of hydrogen-bond donors (Lipinski definition) is 0. The molecule has 0 unspecified atom stereocenters. The molecular weight excluding hydrogens is 1690 g/mol. The molecule has 21 rings (SSSR count). The highest BCUT2D eigenvalue weighted by atomic mass is 28.3. The summed E-state index contributed by atoms with van der Waals surface area (Å²) in [6, 6.07) is 118. The highest BCUT2D eigenvalue weighted by Gasteiger charge is 2.51. The van der Waals surface area contributed by atoms with Crippen LogP contribution in [0.15, 0.2) is 291 Å². The topological polar surface area (TPSA) is 19.4 Å². The molecule has 0 saturated heterocycles. The van der Waals surface area contributed by atoms with Gasteiger partial charge in [0.25, 0.3) is 20.1 Å². The molecule has 686 valence electrons. The molecule has 15 aromatic rings. The van der Waals surface area contributed by atoms with Crippen molar-refractivity contribution >= 4 is 198 Å². The number of anilines is 18. The maximum atomic E-state index is 2.69. The minimum Gasteiger partial charge on any atom is -0.311 e. The highest BCUT2D eigenvalue weighted by Crippen LogP contribution is 2.54. The predicted molar refractivity (Wildman–Crippen MR) is 604 cm³/mol. The normalized spacial score (nSPS) is 14.5. The van der Waals surface area contributed by atoms with Crippen LogP contribution in [-0.2, 0) is 37.9 Å². The Balaban J connectivity index is 0.868. The molecule has 0 aliphatic carbocycles. The number of hydrogen-bond acceptors (Lipinski definition) is 6. The van der Waals surface area contributed by atoms with E-state index < -0.39 is 21.6 Å². The fourth-order valence-corrected chi connectivity index (χ4v) is 25.5. The molecule has 11 heteroatoms. The van der Waals surface area contributed by atoms with E-state index in [1.165, 1.54) is 200 Å². The van der Waals surface area contributed by atoms with E-state index in [-0.39, 0.29) is 52.6 Å². The number of aryl methyl sites for hydroxylation is 4. The number of nitrogens with zero attached hydrogens (tertiary/aromatic N) is 6. The summed E-state index contributed by atoms with van der Waals surface area (Å²) in [7, 11) is -3.58. The third-order valence-electron chi connectivity index (χ3n) is 31.2. The minimum absolute atomic E-state index is 0.0162. The molecule has 137 heavy (non-hydrogen) atoms. The summed E-state index contributed by atoms with van der Waals surface area (Å²) in [5.41, 5.74) is 48.1. The van der Waals surface area contributed by atoms with Crippen molar-refractivity contribution < 1.29 is 0 Å². The van der Waals surface area contributed by atoms with Crippen LogP contribution in [0.5, 0.6) is 0 Å². The van der Waals surface area contributed by atoms with Crippen LogP contribution in [0, 0.1) is 27.7 Å². The molecule has 15 aromatic carbocycles. The second-order valence-electron chi connectivity index (χ2n) is 49.3. The predicted octanol–water partition coefficient (Wildman–Crippen LogP) is 27.4. The molecule has 0 bridgehead atoms. The third kappa shape index (κ3) is 15.2. The van der Waals surface area contributed by atoms with Gasteiger partial charge in [0, 0.05) is 108 Å². The van der Waals surface area contributed by atoms with Gasteiger partial charge in [0.05, 0.1) is 16.1 Å². The summed E-state index contributed by atoms with van der Waals surface area (Å²) >= 11 is 0. The summed E-state index contributed by atoms with van der Waals surface area (Å²) < 4.78 is 0. The molecule has 6 nitrogen and oxygen atoms in total. The van der Waals surface area contributed by atoms with Crippen LogP contribution in [0.3, 0.4) is 0 Å². The number of rotatable bonds is 11. The monoisotopic (exact) mass is 1820 g/mol. The molecular formula is C126H135B3N6Si2. The van der Waals surface area contributed by atoms with E-state index in [4.69, 9.17) is 0 Å². The van der Waals surface area contributed by atoms with Crippen LogP contribution >= 0.6 is 0 Å². The average molecular weight is 1820 g/mol. The third-order valence-corrected chi connectivity index (χ3v) is 35.3. The summed E-state index contributed by atoms with van der Waals surface area (Å²) in [4.78, 5) is 15.8. The van der Waals surface area contributed by atoms with Crippen molar-refractivity contribution in [3.63, 3.8) is 0 Å². The van der Waals surface area contributed by atoms with E-state index in [1.807, 2.05) is 0 Å². The van der Waals surface area contributed by atoms with Crippen LogP contribution in [0.1, 0.15) is 204 Å². The van der Waals surface area contributed by atoms with Gasteiger partial charge in [-0.2, -0.15) is 0 Å². The zero-order chi connectivity index (χ0) is 96.9. The smallest absolute Gasteiger partial charge is 0.252 e. The van der Waals surface area contributed by atoms with Crippen molar-refractivity contribution in [2.45, 2.75) is 236 Å². The van der Waals surface area contributed by atoms with E-state index in [0.717, 1.165) is 34.1 Å². The molecule has 0 fully saturated rings. The Hall–Kier alpha value is -12.3. The van der Waals surface area contributed by atoms with Crippen molar-refractivity contribution in [2.24, 2.45) is 0 Å². The SMILES string of the molecule is Cc1ccc(N2c3cc(C(C)(c4ccc5c(c4)N(c4ccc([Si](C)(C)C)cc4)c4cc(C)cc6c4B5c4cc(C(C)(C)C)ccc4N6c4ccc(C(C)(C)C)cc4)c4ccc5c(c4)N(c4ccc([Si](C)(C)C)cc4)c4cc(C)cc6c4B5c4cc(C(C)(C)C)ccc4N6c4ccc(C(C)(C)C)cc4)ccc3B3c4cc(C(C)(C)C)ccc4N(c4ccc(C(C)(C)C)cc4)c4cc(C)cc2c43)cc1. The van der Waals surface area contributed by atoms with Gasteiger partial charge in [-0.3, -0.25) is 0 Å². The van der Waals surface area contributed by atoms with Gasteiger partial charge in [-0.1, -0.05) is 325 Å². The lowest BCUT2D eigenvalue weighted by Crippen LogP contribution is -2.62. The quantitative estimate of drug-likeness (QED) is 0.0943. The Morgan fingerprint density at radius 2 is 0.372 bits per heavy atom. The maximum Gasteiger partial charge on any atom is 0.252 e. The molecule has 0 N–H and O–H groups in total. The zero-order valence-corrected chi connectivity index (χ0v) is 88.6. The number of fused-ring (bicyclic) bond motifs is 12. The van der Waals surface area contributed by atoms with Gasteiger partial charge in [-0.05, 0) is 329 Å². The molecule has 6 heterocycles. The standard InChI is InChI=1S/C126H135B3N6Si2/c1-78-30-44-91(45-31-78)133-108-75-88(38-60-99(108)127-102-72-85(123(14,15)16)41-63-105(102)130(111-66-79(2)69-114(133)117(111)127)92-46-32-82(33-47-92)120(5,6)7)126(23,89-39-61-100-109(76-89)134(95-52-56-97(57-53-95)136(24,25)26)115-70-80(3)67-112-118(115)128(100)103-73-86(124(17,18)19)42-64-106(103)131(112)93-48-34-83(35-49-93)121(8,9)10)90-40-62-101-110(77-90)135(96-54-58-98(59-55-96)137(27,28)29)116-71-81(4)68-113-119(116)129(101)104-74-87(125(20,21)22)43-65-107(104)132(113)94-50-36-84(37-51-94)122(11,12)13/h30-77H,1-29H3. The lowest BCUT2D eigenvalue weighted by atomic mass is 9.33. The molecule has 0 spiro atoms.